The third-order valence-electron chi connectivity index (χ3n) is 4.22. The van der Waals surface area contributed by atoms with Crippen LogP contribution in [0.15, 0.2) is 40.7 Å². The highest BCUT2D eigenvalue weighted by molar-refractivity contribution is 7.90. The number of thiazole rings is 1. The van der Waals surface area contributed by atoms with Crippen LogP contribution in [0.2, 0.25) is 0 Å². The van der Waals surface area contributed by atoms with Gasteiger partial charge in [0.25, 0.3) is 5.91 Å². The van der Waals surface area contributed by atoms with E-state index in [1.165, 1.54) is 17.6 Å². The van der Waals surface area contributed by atoms with Crippen LogP contribution in [0.4, 0.5) is 0 Å². The highest BCUT2D eigenvalue weighted by Gasteiger charge is 2.17. The maximum absolute atomic E-state index is 12.7. The molecule has 0 aliphatic heterocycles. The van der Waals surface area contributed by atoms with Gasteiger partial charge in [0.2, 0.25) is 0 Å². The van der Waals surface area contributed by atoms with Crippen LogP contribution in [0.3, 0.4) is 0 Å². The molecule has 1 aromatic carbocycles. The highest BCUT2D eigenvalue weighted by Crippen LogP contribution is 2.22. The Morgan fingerprint density at radius 1 is 1.31 bits per heavy atom. The Morgan fingerprint density at radius 2 is 1.96 bits per heavy atom. The largest absolute Gasteiger partial charge is 0.313 e. The fourth-order valence-corrected chi connectivity index (χ4v) is 4.75. The van der Waals surface area contributed by atoms with Crippen LogP contribution in [0, 0.1) is 5.92 Å². The van der Waals surface area contributed by atoms with Gasteiger partial charge in [-0.15, -0.1) is 6.58 Å². The molecule has 0 spiro atoms. The lowest BCUT2D eigenvalue weighted by Crippen LogP contribution is -2.20. The Kier molecular flexibility index (Phi) is 6.94. The molecule has 142 valence electrons. The number of fused-ring (bicyclic) bond motifs is 1. The van der Waals surface area contributed by atoms with Gasteiger partial charge < -0.3 is 4.57 Å². The maximum Gasteiger partial charge on any atom is 0.251 e. The summed E-state index contributed by atoms with van der Waals surface area (Å²) in [5.74, 6) is -0.152. The third-order valence-corrected chi connectivity index (χ3v) is 6.37. The number of aromatic nitrogens is 1. The summed E-state index contributed by atoms with van der Waals surface area (Å²) in [6.45, 7) is 8.42. The molecule has 0 bridgehead atoms. The van der Waals surface area contributed by atoms with E-state index in [2.05, 4.69) is 25.4 Å². The molecule has 0 N–H and O–H groups in total. The number of carbonyl (C=O) groups excluding carboxylic acids is 1. The van der Waals surface area contributed by atoms with Crippen molar-refractivity contribution in [2.24, 2.45) is 10.9 Å². The summed E-state index contributed by atoms with van der Waals surface area (Å²) in [4.78, 5) is 17.9. The average molecular weight is 395 g/mol. The molecule has 0 aliphatic carbocycles. The molecule has 1 heterocycles. The van der Waals surface area contributed by atoms with E-state index in [9.17, 15) is 13.2 Å². The molecule has 0 saturated heterocycles. The predicted octanol–water partition coefficient (Wildman–Crippen LogP) is 3.94. The van der Waals surface area contributed by atoms with Crippen LogP contribution in [-0.4, -0.2) is 25.1 Å². The molecular formula is C19H26N2O3S2. The lowest BCUT2D eigenvalue weighted by molar-refractivity contribution is -0.122. The molecule has 2 aromatic rings. The first-order valence-corrected chi connectivity index (χ1v) is 11.6. The molecular weight excluding hydrogens is 368 g/mol. The van der Waals surface area contributed by atoms with Gasteiger partial charge in [-0.25, -0.2) is 8.42 Å². The molecule has 7 heteroatoms. The first-order valence-electron chi connectivity index (χ1n) is 8.84. The number of carbonyl (C=O) groups is 1. The summed E-state index contributed by atoms with van der Waals surface area (Å²) < 4.78 is 26.3. The normalized spacial score (nSPS) is 12.8. The molecule has 1 amide bonds. The number of rotatable bonds is 8. The monoisotopic (exact) mass is 394 g/mol. The van der Waals surface area contributed by atoms with Crippen molar-refractivity contribution < 1.29 is 13.2 Å². The van der Waals surface area contributed by atoms with Gasteiger partial charge in [-0.1, -0.05) is 44.1 Å². The number of nitrogens with zero attached hydrogens (tertiary/aromatic N) is 2. The number of sulfone groups is 1. The Balaban J connectivity index is 2.59. The van der Waals surface area contributed by atoms with E-state index in [1.807, 2.05) is 4.57 Å². The molecule has 0 saturated carbocycles. The minimum atomic E-state index is -3.28. The van der Waals surface area contributed by atoms with E-state index in [4.69, 9.17) is 0 Å². The second kappa shape index (κ2) is 8.77. The standard InChI is InChI=1S/C19H26N2O3S2/c1-5-8-14(9-6-2)18(22)20-19-21(12-7-3)16-11-10-15(26(4,23)24)13-17(16)25-19/h7,10-11,13-14H,3,5-6,8-9,12H2,1-2,4H3. The van der Waals surface area contributed by atoms with E-state index in [0.29, 0.717) is 11.3 Å². The highest BCUT2D eigenvalue weighted by atomic mass is 32.2. The van der Waals surface area contributed by atoms with Crippen molar-refractivity contribution in [1.82, 2.24) is 4.57 Å². The van der Waals surface area contributed by atoms with Crippen LogP contribution in [-0.2, 0) is 21.2 Å². The second-order valence-corrected chi connectivity index (χ2v) is 9.43. The van der Waals surface area contributed by atoms with E-state index >= 15 is 0 Å². The number of benzene rings is 1. The summed E-state index contributed by atoms with van der Waals surface area (Å²) in [6, 6.07) is 5.01. The van der Waals surface area contributed by atoms with Crippen molar-refractivity contribution in [2.45, 2.75) is 51.0 Å². The number of amides is 1. The van der Waals surface area contributed by atoms with Gasteiger partial charge in [-0.05, 0) is 31.0 Å². The molecule has 26 heavy (non-hydrogen) atoms. The van der Waals surface area contributed by atoms with Crippen LogP contribution >= 0.6 is 11.3 Å². The van der Waals surface area contributed by atoms with Crippen LogP contribution in [0.1, 0.15) is 39.5 Å². The minimum absolute atomic E-state index is 0.0565. The zero-order chi connectivity index (χ0) is 19.3. The average Bonchev–Trinajstić information content (AvgIpc) is 2.91. The lowest BCUT2D eigenvalue weighted by Gasteiger charge is -2.10. The zero-order valence-electron chi connectivity index (χ0n) is 15.6. The lowest BCUT2D eigenvalue weighted by atomic mass is 9.98. The maximum atomic E-state index is 12.7. The van der Waals surface area contributed by atoms with Crippen molar-refractivity contribution in [2.75, 3.05) is 6.26 Å². The second-order valence-electron chi connectivity index (χ2n) is 6.41. The van der Waals surface area contributed by atoms with E-state index in [-0.39, 0.29) is 16.7 Å². The molecule has 0 fully saturated rings. The topological polar surface area (TPSA) is 68.5 Å². The van der Waals surface area contributed by atoms with Crippen molar-refractivity contribution >= 4 is 37.3 Å². The van der Waals surface area contributed by atoms with Crippen molar-refractivity contribution in [3.05, 3.63) is 35.7 Å². The summed E-state index contributed by atoms with van der Waals surface area (Å²) in [7, 11) is -3.28. The first-order chi connectivity index (χ1) is 12.3. The van der Waals surface area contributed by atoms with Gasteiger partial charge in [0.1, 0.15) is 0 Å². The Labute approximate surface area is 159 Å². The first kappa shape index (κ1) is 20.6. The van der Waals surface area contributed by atoms with Gasteiger partial charge in [0.15, 0.2) is 14.6 Å². The van der Waals surface area contributed by atoms with Gasteiger partial charge in [0, 0.05) is 18.7 Å². The molecule has 0 atom stereocenters. The predicted molar refractivity (Wildman–Crippen MR) is 107 cm³/mol. The van der Waals surface area contributed by atoms with Gasteiger partial charge in [-0.3, -0.25) is 4.79 Å². The summed E-state index contributed by atoms with van der Waals surface area (Å²) >= 11 is 1.34. The molecule has 0 radical (unpaired) electrons. The van der Waals surface area contributed by atoms with Crippen molar-refractivity contribution in [3.8, 4) is 0 Å². The Morgan fingerprint density at radius 3 is 2.50 bits per heavy atom. The summed E-state index contributed by atoms with van der Waals surface area (Å²) in [5.41, 5.74) is 0.858. The molecule has 0 unspecified atom stereocenters. The third kappa shape index (κ3) is 4.71. The fourth-order valence-electron chi connectivity index (χ4n) is 2.95. The van der Waals surface area contributed by atoms with Gasteiger partial charge in [-0.2, -0.15) is 4.99 Å². The minimum Gasteiger partial charge on any atom is -0.313 e. The SMILES string of the molecule is C=CCn1c(=NC(=O)C(CCC)CCC)sc2cc(S(C)(=O)=O)ccc21. The Bertz CT molecular complexity index is 962. The Hall–Kier alpha value is -1.73. The molecule has 2 rings (SSSR count). The quantitative estimate of drug-likeness (QED) is 0.637. The molecule has 1 aromatic heterocycles. The van der Waals surface area contributed by atoms with Crippen molar-refractivity contribution in [3.63, 3.8) is 0 Å². The van der Waals surface area contributed by atoms with Gasteiger partial charge in [0.05, 0.1) is 15.1 Å². The van der Waals surface area contributed by atoms with Crippen molar-refractivity contribution in [1.29, 1.82) is 0 Å². The van der Waals surface area contributed by atoms with Crippen LogP contribution in [0.25, 0.3) is 10.2 Å². The van der Waals surface area contributed by atoms with Crippen LogP contribution in [0.5, 0.6) is 0 Å². The van der Waals surface area contributed by atoms with E-state index in [0.717, 1.165) is 35.9 Å². The zero-order valence-corrected chi connectivity index (χ0v) is 17.2. The van der Waals surface area contributed by atoms with Gasteiger partial charge >= 0.3 is 0 Å². The fraction of sp³-hybridized carbons (Fsp3) is 0.474. The summed E-state index contributed by atoms with van der Waals surface area (Å²) in [5, 5.41) is 0. The van der Waals surface area contributed by atoms with E-state index in [1.54, 1.807) is 24.3 Å². The number of allylic oxidation sites excluding steroid dienone is 1. The summed E-state index contributed by atoms with van der Waals surface area (Å²) in [6.07, 6.45) is 6.50. The molecule has 5 nitrogen and oxygen atoms in total. The molecule has 0 aliphatic rings. The van der Waals surface area contributed by atoms with Crippen LogP contribution < -0.4 is 4.80 Å². The van der Waals surface area contributed by atoms with E-state index < -0.39 is 9.84 Å². The number of hydrogen-bond donors (Lipinski definition) is 0. The smallest absolute Gasteiger partial charge is 0.251 e. The number of hydrogen-bond acceptors (Lipinski definition) is 4.